The number of benzene rings is 5. The number of carbonyl (C=O) groups is 13. The predicted octanol–water partition coefficient (Wildman–Crippen LogP) is 2.34. The zero-order valence-corrected chi connectivity index (χ0v) is 64.6. The van der Waals surface area contributed by atoms with Gasteiger partial charge in [-0.1, -0.05) is 11.3 Å². The van der Waals surface area contributed by atoms with E-state index in [-0.39, 0.29) is 126 Å². The fourth-order valence-corrected chi connectivity index (χ4v) is 14.7. The van der Waals surface area contributed by atoms with Gasteiger partial charge in [0, 0.05) is 77.4 Å². The monoisotopic (exact) mass is 1680 g/mol. The van der Waals surface area contributed by atoms with Gasteiger partial charge < -0.3 is 114 Å². The van der Waals surface area contributed by atoms with Gasteiger partial charge >= 0.3 is 41.9 Å². The van der Waals surface area contributed by atoms with E-state index in [0.717, 1.165) is 24.2 Å². The molecule has 1 fully saturated rings. The zero-order chi connectivity index (χ0) is 86.5. The highest BCUT2D eigenvalue weighted by molar-refractivity contribution is 7.80. The van der Waals surface area contributed by atoms with Crippen molar-refractivity contribution < 1.29 is 117 Å². The second-order valence-electron chi connectivity index (χ2n) is 28.7. The van der Waals surface area contributed by atoms with Gasteiger partial charge in [-0.3, -0.25) is 43.2 Å². The van der Waals surface area contributed by atoms with Crippen molar-refractivity contribution >= 4 is 123 Å². The molecular formula is C78H80N18O24S. The third-order valence-electron chi connectivity index (χ3n) is 20.5. The highest BCUT2D eigenvalue weighted by atomic mass is 32.1. The summed E-state index contributed by atoms with van der Waals surface area (Å²) in [6, 6.07) is 16.5. The van der Waals surface area contributed by atoms with Crippen LogP contribution in [0.15, 0.2) is 109 Å². The van der Waals surface area contributed by atoms with Crippen LogP contribution in [-0.2, 0) is 77.6 Å². The van der Waals surface area contributed by atoms with Gasteiger partial charge in [0.05, 0.1) is 66.9 Å². The number of aromatic nitrogens is 7. The quantitative estimate of drug-likeness (QED) is 0.0152. The molecule has 1 saturated carbocycles. The molecule has 4 aliphatic rings. The van der Waals surface area contributed by atoms with Gasteiger partial charge in [-0.2, -0.15) is 9.97 Å². The molecule has 2 aliphatic carbocycles. The number of fused-ring (bicyclic) bond motifs is 9. The van der Waals surface area contributed by atoms with E-state index in [1.54, 1.807) is 59.3 Å². The predicted molar refractivity (Wildman–Crippen MR) is 421 cm³/mol. The first-order valence-corrected chi connectivity index (χ1v) is 38.2. The number of amides is 7. The summed E-state index contributed by atoms with van der Waals surface area (Å²) in [4.78, 5) is 183. The van der Waals surface area contributed by atoms with Crippen molar-refractivity contribution in [1.29, 1.82) is 0 Å². The van der Waals surface area contributed by atoms with Crippen LogP contribution in [0.2, 0.25) is 0 Å². The number of hydrogen-bond acceptors (Lipinski definition) is 28. The molecule has 3 aromatic heterocycles. The van der Waals surface area contributed by atoms with Crippen LogP contribution in [-0.4, -0.2) is 215 Å². The second kappa shape index (κ2) is 37.5. The number of carboxylic acid groups (broad SMARTS) is 5. The average molecular weight is 1690 g/mol. The fourth-order valence-electron chi connectivity index (χ4n) is 14.5. The normalized spacial score (nSPS) is 16.1. The van der Waals surface area contributed by atoms with Crippen molar-refractivity contribution in [3.05, 3.63) is 160 Å². The highest BCUT2D eigenvalue weighted by Crippen LogP contribution is 2.58. The summed E-state index contributed by atoms with van der Waals surface area (Å²) in [5.41, 5.74) is 9.85. The molecule has 12 rings (SSSR count). The number of phenols is 2. The van der Waals surface area contributed by atoms with Crippen LogP contribution >= 0.6 is 12.2 Å². The number of rotatable bonds is 36. The molecule has 20 N–H and O–H groups in total. The van der Waals surface area contributed by atoms with Gasteiger partial charge in [0.25, 0.3) is 11.8 Å². The van der Waals surface area contributed by atoms with Crippen LogP contribution in [0.3, 0.4) is 0 Å². The van der Waals surface area contributed by atoms with Crippen molar-refractivity contribution in [2.24, 2.45) is 17.8 Å². The summed E-state index contributed by atoms with van der Waals surface area (Å²) in [6.45, 7) is 0.738. The minimum atomic E-state index is -2.20. The molecule has 43 heteroatoms. The smallest absolute Gasteiger partial charge is 0.407 e. The molecule has 8 atom stereocenters. The van der Waals surface area contributed by atoms with Gasteiger partial charge in [-0.15, -0.1) is 5.10 Å². The lowest BCUT2D eigenvalue weighted by Crippen LogP contribution is -2.58. The van der Waals surface area contributed by atoms with E-state index in [1.165, 1.54) is 54.7 Å². The Morgan fingerprint density at radius 1 is 0.603 bits per heavy atom. The molecule has 5 heterocycles. The number of nitrogen functional groups attached to an aromatic ring is 1. The molecule has 8 aromatic rings. The Labute approximate surface area is 689 Å². The first-order chi connectivity index (χ1) is 57.9. The molecular weight excluding hydrogens is 1610 g/mol. The number of hydrogen-bond donors (Lipinski definition) is 19. The molecule has 632 valence electrons. The molecule has 42 nitrogen and oxygen atoms in total. The lowest BCUT2D eigenvalue weighted by atomic mass is 9.77. The van der Waals surface area contributed by atoms with E-state index in [4.69, 9.17) is 32.2 Å². The minimum Gasteiger partial charge on any atom is -0.508 e. The highest BCUT2D eigenvalue weighted by Gasteiger charge is 2.54. The first-order valence-electron chi connectivity index (χ1n) is 37.8. The summed E-state index contributed by atoms with van der Waals surface area (Å²) in [6.07, 6.45) is -1.47. The molecule has 121 heavy (non-hydrogen) atoms. The van der Waals surface area contributed by atoms with E-state index in [0.29, 0.717) is 58.2 Å². The number of thiocarbonyl (C=S) groups is 1. The average Bonchev–Trinajstić information content (AvgIpc) is 1.56. The third kappa shape index (κ3) is 20.9. The number of ether oxygens (including phenoxy) is 3. The topological polar surface area (TPSA) is 640 Å². The Balaban J connectivity index is 0.543. The molecule has 0 bridgehead atoms. The molecule has 1 spiro atoms. The van der Waals surface area contributed by atoms with Gasteiger partial charge in [0.15, 0.2) is 21.9 Å². The lowest BCUT2D eigenvalue weighted by molar-refractivity contribution is -0.145. The molecule has 0 unspecified atom stereocenters. The van der Waals surface area contributed by atoms with E-state index in [2.05, 4.69) is 72.8 Å². The third-order valence-corrected chi connectivity index (χ3v) is 20.7. The Morgan fingerprint density at radius 3 is 1.80 bits per heavy atom. The number of esters is 1. The van der Waals surface area contributed by atoms with E-state index < -0.39 is 151 Å². The first kappa shape index (κ1) is 85.4. The van der Waals surface area contributed by atoms with Crippen LogP contribution in [0, 0.1) is 17.8 Å². The van der Waals surface area contributed by atoms with Crippen LogP contribution in [0.25, 0.3) is 16.9 Å². The second-order valence-corrected chi connectivity index (χ2v) is 29.1. The maximum Gasteiger partial charge on any atom is 0.407 e. The lowest BCUT2D eigenvalue weighted by Gasteiger charge is -2.36. The van der Waals surface area contributed by atoms with Crippen molar-refractivity contribution in [2.45, 2.75) is 119 Å². The van der Waals surface area contributed by atoms with Crippen LogP contribution in [0.1, 0.15) is 129 Å². The summed E-state index contributed by atoms with van der Waals surface area (Å²) in [5.74, 6) is -15.4. The zero-order valence-electron chi connectivity index (χ0n) is 63.8. The number of nitrogens with two attached hydrogens (primary N) is 1. The van der Waals surface area contributed by atoms with Crippen molar-refractivity contribution in [1.82, 2.24) is 77.5 Å². The van der Waals surface area contributed by atoms with Crippen LogP contribution in [0.4, 0.5) is 22.1 Å². The maximum atomic E-state index is 13.6. The molecule has 2 aliphatic heterocycles. The Kier molecular flexibility index (Phi) is 26.5. The number of unbranched alkanes of at least 4 members (excludes halogenated alkanes) is 1. The van der Waals surface area contributed by atoms with Crippen LogP contribution < -0.4 is 63.6 Å². The molecule has 7 amide bonds. The van der Waals surface area contributed by atoms with Gasteiger partial charge in [-0.25, -0.2) is 33.8 Å². The number of alkyl carbamates (subject to hydrolysis) is 1. The van der Waals surface area contributed by atoms with Gasteiger partial charge in [-0.05, 0) is 166 Å². The van der Waals surface area contributed by atoms with Crippen molar-refractivity contribution in [2.75, 3.05) is 42.6 Å². The number of nitrogens with one attached hydrogen (secondary N) is 10. The fraction of sp³-hybridized carbons (Fsp3) is 0.333. The Bertz CT molecular complexity index is 5370. The van der Waals surface area contributed by atoms with Crippen molar-refractivity contribution in [3.63, 3.8) is 0 Å². The number of carboxylic acids is 5. The largest absolute Gasteiger partial charge is 0.508 e. The van der Waals surface area contributed by atoms with Gasteiger partial charge in [0.2, 0.25) is 35.5 Å². The number of phenolic OH excluding ortho intramolecular Hbond substituents is 2. The van der Waals surface area contributed by atoms with E-state index >= 15 is 0 Å². The molecule has 0 saturated heterocycles. The SMILES string of the molecule is Nc1nc(O)c2nc(CNc3ccc(C(=O)N[C@@H](CCC(=O)N[C@@H](CC(=O)O)C(=O)N[C@@H](CC(=O)O)C(=O)N[C@@H](CC(=O)O)C(=O)N[C@@H](CCCCNC(=O)c4ccc(-n5nnc6c5CC[C@H]5[C@@H](CC6)[C@H]5COC(=O)NCCNC(=S)Nc5ccc6c(c5)C(=O)OC65c6ccc(O)cc6Oc6cc(O)ccc65)cc4)C(=O)O)C(=O)O)cc3)cnc2n1. The standard InChI is InChI=1S/C78H80N18O24S/c79-75-92-65-64(71(111)93-75)85-40(34-84-65)33-83-38-8-4-37(5-9-38)67(107)88-53(73(114)115)21-23-60(99)87-54(30-61(100)101)68(108)90-56(32-63(104)105)70(110)91-55(31-62(102)103)69(109)89-52(72(112)113)3-1-2-24-80-66(106)36-6-11-41(12-7-36)96-57-22-16-45-44(15-20-51(57)94-95-96)47(45)35-118-77(117)82-26-25-81-76(121)86-39-10-17-48-46(27-39)74(116)120-78(48)49-18-13-42(97)28-58(49)119-59-29-43(98)14-19-50(59)78/h4-14,17-19,27-29,34,44-45,47,52-56,83,97-98H,1-3,15-16,20-26,30-33,35H2,(H,80,106)(H,82,117)(H,87,99)(H,88,107)(H,89,109)(H,90,108)(H,91,110)(H,100,101)(H,102,103)(H,104,105)(H,112,113)(H,114,115)(H2,81,86,121)(H3,79,84,92,93,111)/t44-,45+,47-,52+,53+,54+,55+,56+/m1/s1. The summed E-state index contributed by atoms with van der Waals surface area (Å²) < 4.78 is 19.6. The minimum absolute atomic E-state index is 0.00350. The Morgan fingerprint density at radius 2 is 1.17 bits per heavy atom. The number of aryl methyl sites for hydroxylation is 1. The van der Waals surface area contributed by atoms with Crippen molar-refractivity contribution in [3.8, 4) is 34.6 Å². The van der Waals surface area contributed by atoms with Gasteiger partial charge in [0.1, 0.15) is 53.2 Å². The Hall–Kier alpha value is -14.9. The summed E-state index contributed by atoms with van der Waals surface area (Å²) in [5, 5.41) is 114. The number of carbonyl (C=O) groups excluding carboxylic acids is 8. The van der Waals surface area contributed by atoms with E-state index in [9.17, 15) is 103 Å². The summed E-state index contributed by atoms with van der Waals surface area (Å²) >= 11 is 5.53. The van der Waals surface area contributed by atoms with Crippen LogP contribution in [0.5, 0.6) is 28.9 Å². The summed E-state index contributed by atoms with van der Waals surface area (Å²) in [7, 11) is 0. The number of aliphatic carboxylic acids is 5. The number of aromatic hydroxyl groups is 3. The molecule has 0 radical (unpaired) electrons. The number of anilines is 3. The molecule has 5 aromatic carbocycles. The maximum absolute atomic E-state index is 13.6. The number of nitrogens with zero attached hydrogens (tertiary/aromatic N) is 7. The van der Waals surface area contributed by atoms with E-state index in [1.807, 2.05) is 10.6 Å².